The summed E-state index contributed by atoms with van der Waals surface area (Å²) in [4.78, 5) is 15.2. The molecule has 1 aliphatic rings. The maximum atomic E-state index is 13.5. The number of benzene rings is 3. The lowest BCUT2D eigenvalue weighted by molar-refractivity contribution is 0.135. The molecule has 0 spiro atoms. The van der Waals surface area contributed by atoms with Crippen LogP contribution >= 0.6 is 0 Å². The molecule has 4 N–H and O–H groups in total. The summed E-state index contributed by atoms with van der Waals surface area (Å²) in [5, 5.41) is 14.4. The first-order valence-corrected chi connectivity index (χ1v) is 16.5. The van der Waals surface area contributed by atoms with Crippen molar-refractivity contribution in [3.63, 3.8) is 0 Å². The Labute approximate surface area is 246 Å². The summed E-state index contributed by atoms with van der Waals surface area (Å²) in [7, 11) is -8.28. The molecule has 0 saturated carbocycles. The number of urea groups is 1. The van der Waals surface area contributed by atoms with E-state index in [1.807, 2.05) is 11.1 Å². The van der Waals surface area contributed by atoms with Crippen LogP contribution in [0.15, 0.2) is 93.8 Å². The number of piperazine rings is 1. The van der Waals surface area contributed by atoms with Crippen molar-refractivity contribution in [2.75, 3.05) is 42.5 Å². The van der Waals surface area contributed by atoms with Crippen LogP contribution in [0.2, 0.25) is 0 Å². The van der Waals surface area contributed by atoms with E-state index < -0.39 is 26.1 Å². The van der Waals surface area contributed by atoms with Crippen LogP contribution in [-0.4, -0.2) is 71.7 Å². The number of hydrogen-bond donors (Lipinski definition) is 3. The molecule has 0 aliphatic carbocycles. The lowest BCUT2D eigenvalue weighted by Crippen LogP contribution is -2.48. The van der Waals surface area contributed by atoms with E-state index in [9.17, 15) is 21.6 Å². The fraction of sp³-hybridized carbons (Fsp3) is 0.286. The Morgan fingerprint density at radius 2 is 1.62 bits per heavy atom. The minimum Gasteiger partial charge on any atom is -0.307 e. The Balaban J connectivity index is 1.47. The maximum Gasteiger partial charge on any atom is 0.338 e. The molecule has 3 aromatic rings. The standard InChI is InChI=1S/C28H35N7O5S2/c1-2-3-16-33-17-19-34(20-18-33)30-22-23-8-7-9-24(21-23)31-28(36)32-35(42(39,40)27-10-5-4-6-11-27)25-12-14-26(15-13-25)41(29,37)38/h4-15,21-22H,2-3,16-20H2,1H3,(H2,29,37,38)(H2,31,32,36)/b30-22+. The third-order valence-electron chi connectivity index (χ3n) is 6.58. The summed E-state index contributed by atoms with van der Waals surface area (Å²) >= 11 is 0. The van der Waals surface area contributed by atoms with Gasteiger partial charge >= 0.3 is 6.03 Å². The lowest BCUT2D eigenvalue weighted by Gasteiger charge is -2.32. The topological polar surface area (TPSA) is 158 Å². The number of nitrogens with two attached hydrogens (primary N) is 1. The van der Waals surface area contributed by atoms with Crippen LogP contribution in [-0.2, 0) is 20.0 Å². The number of amides is 2. The molecule has 0 unspecified atom stereocenters. The molecule has 14 heteroatoms. The van der Waals surface area contributed by atoms with Gasteiger partial charge in [0.25, 0.3) is 10.0 Å². The molecule has 0 aromatic heterocycles. The smallest absolute Gasteiger partial charge is 0.307 e. The number of primary sulfonamides is 1. The molecule has 3 aromatic carbocycles. The molecule has 4 rings (SSSR count). The number of carbonyl (C=O) groups is 1. The van der Waals surface area contributed by atoms with E-state index in [-0.39, 0.29) is 15.5 Å². The number of sulfonamides is 2. The van der Waals surface area contributed by atoms with Crippen molar-refractivity contribution in [1.29, 1.82) is 0 Å². The van der Waals surface area contributed by atoms with Crippen molar-refractivity contribution in [3.05, 3.63) is 84.4 Å². The van der Waals surface area contributed by atoms with Gasteiger partial charge in [-0.1, -0.05) is 43.7 Å². The zero-order chi connectivity index (χ0) is 30.2. The first kappa shape index (κ1) is 31.0. The van der Waals surface area contributed by atoms with Crippen molar-refractivity contribution in [2.45, 2.75) is 29.6 Å². The first-order chi connectivity index (χ1) is 20.1. The number of anilines is 2. The summed E-state index contributed by atoms with van der Waals surface area (Å²) in [6.07, 6.45) is 4.09. The Morgan fingerprint density at radius 3 is 2.26 bits per heavy atom. The van der Waals surface area contributed by atoms with Gasteiger partial charge in [-0.05, 0) is 67.1 Å². The summed E-state index contributed by atoms with van der Waals surface area (Å²) in [6.45, 7) is 6.90. The van der Waals surface area contributed by atoms with Gasteiger partial charge in [0.15, 0.2) is 0 Å². The normalized spacial score (nSPS) is 14.6. The van der Waals surface area contributed by atoms with E-state index in [4.69, 9.17) is 5.14 Å². The van der Waals surface area contributed by atoms with Crippen LogP contribution in [0.3, 0.4) is 0 Å². The van der Waals surface area contributed by atoms with Crippen LogP contribution in [0.5, 0.6) is 0 Å². The van der Waals surface area contributed by atoms with Crippen LogP contribution in [0, 0.1) is 0 Å². The third-order valence-corrected chi connectivity index (χ3v) is 9.16. The van der Waals surface area contributed by atoms with E-state index >= 15 is 0 Å². The van der Waals surface area contributed by atoms with Crippen LogP contribution < -0.4 is 20.3 Å². The maximum absolute atomic E-state index is 13.5. The van der Waals surface area contributed by atoms with Crippen molar-refractivity contribution < 1.29 is 21.6 Å². The number of nitrogens with zero attached hydrogens (tertiary/aromatic N) is 4. The molecule has 0 radical (unpaired) electrons. The van der Waals surface area contributed by atoms with Crippen molar-refractivity contribution in [2.24, 2.45) is 10.2 Å². The molecular weight excluding hydrogens is 578 g/mol. The zero-order valence-electron chi connectivity index (χ0n) is 23.3. The molecule has 1 saturated heterocycles. The number of hydrazone groups is 1. The van der Waals surface area contributed by atoms with Crippen molar-refractivity contribution in [3.8, 4) is 0 Å². The quantitative estimate of drug-likeness (QED) is 0.222. The minimum absolute atomic E-state index is 0.00271. The highest BCUT2D eigenvalue weighted by atomic mass is 32.2. The molecule has 0 bridgehead atoms. The molecule has 2 amide bonds. The SMILES string of the molecule is CCCCN1CCN(/N=C/c2cccc(NC(=O)NN(c3ccc(S(N)(=O)=O)cc3)S(=O)(=O)c3ccccc3)c2)CC1. The zero-order valence-corrected chi connectivity index (χ0v) is 24.9. The monoisotopic (exact) mass is 613 g/mol. The van der Waals surface area contributed by atoms with E-state index in [0.29, 0.717) is 10.1 Å². The molecule has 12 nitrogen and oxygen atoms in total. The first-order valence-electron chi connectivity index (χ1n) is 13.5. The molecular formula is C28H35N7O5S2. The predicted molar refractivity (Wildman–Crippen MR) is 163 cm³/mol. The number of carbonyl (C=O) groups excluding carboxylic acids is 1. The second-order valence-electron chi connectivity index (χ2n) is 9.71. The highest BCUT2D eigenvalue weighted by Crippen LogP contribution is 2.23. The molecule has 224 valence electrons. The summed E-state index contributed by atoms with van der Waals surface area (Å²) < 4.78 is 51.0. The number of hydrazine groups is 1. The van der Waals surface area contributed by atoms with Crippen LogP contribution in [0.4, 0.5) is 16.2 Å². The highest BCUT2D eigenvalue weighted by Gasteiger charge is 2.27. The van der Waals surface area contributed by atoms with Gasteiger partial charge in [0, 0.05) is 31.9 Å². The molecule has 1 fully saturated rings. The Kier molecular flexibility index (Phi) is 10.2. The van der Waals surface area contributed by atoms with Gasteiger partial charge in [0.1, 0.15) is 0 Å². The molecule has 1 heterocycles. The Morgan fingerprint density at radius 1 is 0.929 bits per heavy atom. The summed E-state index contributed by atoms with van der Waals surface area (Å²) in [6, 6.07) is 18.5. The van der Waals surface area contributed by atoms with Crippen molar-refractivity contribution in [1.82, 2.24) is 15.3 Å². The van der Waals surface area contributed by atoms with Gasteiger partial charge in [-0.15, -0.1) is 0 Å². The third kappa shape index (κ3) is 8.28. The van der Waals surface area contributed by atoms with Crippen LogP contribution in [0.25, 0.3) is 0 Å². The molecule has 0 atom stereocenters. The Bertz CT molecular complexity index is 1590. The summed E-state index contributed by atoms with van der Waals surface area (Å²) in [5.74, 6) is 0. The summed E-state index contributed by atoms with van der Waals surface area (Å²) in [5.41, 5.74) is 3.54. The van der Waals surface area contributed by atoms with Crippen LogP contribution in [0.1, 0.15) is 25.3 Å². The van der Waals surface area contributed by atoms with E-state index in [2.05, 4.69) is 27.7 Å². The van der Waals surface area contributed by atoms with Gasteiger partial charge in [-0.25, -0.2) is 23.8 Å². The van der Waals surface area contributed by atoms with Crippen molar-refractivity contribution >= 4 is 43.7 Å². The number of unbranched alkanes of at least 4 members (excludes halogenated alkanes) is 1. The number of rotatable bonds is 11. The number of hydrogen-bond acceptors (Lipinski definition) is 8. The lowest BCUT2D eigenvalue weighted by atomic mass is 10.2. The van der Waals surface area contributed by atoms with Gasteiger partial charge < -0.3 is 5.32 Å². The fourth-order valence-electron chi connectivity index (χ4n) is 4.29. The second-order valence-corrected chi connectivity index (χ2v) is 13.1. The largest absolute Gasteiger partial charge is 0.338 e. The molecule has 1 aliphatic heterocycles. The second kappa shape index (κ2) is 13.8. The van der Waals surface area contributed by atoms with Gasteiger partial charge in [-0.2, -0.15) is 17.9 Å². The van der Waals surface area contributed by atoms with E-state index in [1.54, 1.807) is 42.6 Å². The van der Waals surface area contributed by atoms with Gasteiger partial charge in [0.2, 0.25) is 10.0 Å². The van der Waals surface area contributed by atoms with E-state index in [1.165, 1.54) is 37.1 Å². The van der Waals surface area contributed by atoms with E-state index in [0.717, 1.165) is 50.4 Å². The minimum atomic E-state index is -4.28. The Hall–Kier alpha value is -3.98. The average molecular weight is 614 g/mol. The van der Waals surface area contributed by atoms with Gasteiger partial charge in [0.05, 0.1) is 21.7 Å². The van der Waals surface area contributed by atoms with Gasteiger partial charge in [-0.3, -0.25) is 9.91 Å². The predicted octanol–water partition coefficient (Wildman–Crippen LogP) is 3.02. The highest BCUT2D eigenvalue weighted by molar-refractivity contribution is 7.92. The average Bonchev–Trinajstić information content (AvgIpc) is 2.98. The fourth-order valence-corrected chi connectivity index (χ4v) is 6.12. The number of nitrogens with one attached hydrogen (secondary N) is 2. The molecule has 42 heavy (non-hydrogen) atoms.